The Balaban J connectivity index is 2.72. The second-order valence-electron chi connectivity index (χ2n) is 4.65. The summed E-state index contributed by atoms with van der Waals surface area (Å²) in [5.41, 5.74) is -0.459. The normalized spacial score (nSPS) is 39.0. The highest BCUT2D eigenvalue weighted by Gasteiger charge is 2.42. The Hall–Kier alpha value is -0.0800. The van der Waals surface area contributed by atoms with Gasteiger partial charge >= 0.3 is 0 Å². The van der Waals surface area contributed by atoms with Crippen LogP contribution in [0.5, 0.6) is 0 Å². The summed E-state index contributed by atoms with van der Waals surface area (Å²) in [5, 5.41) is 9.99. The van der Waals surface area contributed by atoms with E-state index in [0.717, 1.165) is 19.5 Å². The van der Waals surface area contributed by atoms with Gasteiger partial charge < -0.3 is 10.0 Å². The molecule has 2 heteroatoms. The average molecular weight is 157 g/mol. The molecule has 1 aliphatic heterocycles. The van der Waals surface area contributed by atoms with Gasteiger partial charge in [0.2, 0.25) is 0 Å². The molecule has 1 rings (SSSR count). The second kappa shape index (κ2) is 2.46. The summed E-state index contributed by atoms with van der Waals surface area (Å²) in [6.45, 7) is 8.20. The zero-order valence-electron chi connectivity index (χ0n) is 8.02. The maximum absolute atomic E-state index is 9.99. The van der Waals surface area contributed by atoms with E-state index in [-0.39, 0.29) is 5.41 Å². The molecular weight excluding hydrogens is 138 g/mol. The average Bonchev–Trinajstić information content (AvgIpc) is 1.80. The van der Waals surface area contributed by atoms with E-state index in [2.05, 4.69) is 25.8 Å². The van der Waals surface area contributed by atoms with E-state index >= 15 is 0 Å². The van der Waals surface area contributed by atoms with Crippen LogP contribution in [0.15, 0.2) is 0 Å². The van der Waals surface area contributed by atoms with Crippen molar-refractivity contribution in [2.45, 2.75) is 32.8 Å². The number of hydrogen-bond donors (Lipinski definition) is 1. The Kier molecular flexibility index (Phi) is 2.01. The Morgan fingerprint density at radius 1 is 1.27 bits per heavy atom. The smallest absolute Gasteiger partial charge is 0.0694 e. The van der Waals surface area contributed by atoms with Gasteiger partial charge in [0.25, 0.3) is 0 Å². The topological polar surface area (TPSA) is 23.5 Å². The molecule has 1 N–H and O–H groups in total. The molecule has 11 heavy (non-hydrogen) atoms. The molecule has 0 spiro atoms. The predicted octanol–water partition coefficient (Wildman–Crippen LogP) is 1.10. The van der Waals surface area contributed by atoms with Crippen molar-refractivity contribution in [2.75, 3.05) is 20.1 Å². The van der Waals surface area contributed by atoms with E-state index in [4.69, 9.17) is 0 Å². The maximum Gasteiger partial charge on any atom is 0.0694 e. The molecule has 1 unspecified atom stereocenters. The molecule has 0 saturated carbocycles. The van der Waals surface area contributed by atoms with Crippen LogP contribution < -0.4 is 0 Å². The lowest BCUT2D eigenvalue weighted by Crippen LogP contribution is -2.54. The van der Waals surface area contributed by atoms with Crippen molar-refractivity contribution >= 4 is 0 Å². The van der Waals surface area contributed by atoms with Gasteiger partial charge in [-0.05, 0) is 20.4 Å². The van der Waals surface area contributed by atoms with Crippen molar-refractivity contribution < 1.29 is 5.11 Å². The largest absolute Gasteiger partial charge is 0.390 e. The van der Waals surface area contributed by atoms with Crippen molar-refractivity contribution in [3.05, 3.63) is 0 Å². The molecule has 1 fully saturated rings. The third-order valence-electron chi connectivity index (χ3n) is 3.10. The Labute approximate surface area is 69.2 Å². The standard InChI is InChI=1S/C9H19NO/c1-8(2)7-10(4)6-5-9(8,3)11/h11H,5-7H2,1-4H3. The second-order valence-corrected chi connectivity index (χ2v) is 4.65. The minimum atomic E-state index is -0.487. The number of nitrogens with zero attached hydrogens (tertiary/aromatic N) is 1. The SMILES string of the molecule is CN1CCC(C)(O)C(C)(C)C1. The molecule has 66 valence electrons. The maximum atomic E-state index is 9.99. The summed E-state index contributed by atoms with van der Waals surface area (Å²) >= 11 is 0. The van der Waals surface area contributed by atoms with E-state index in [1.165, 1.54) is 0 Å². The van der Waals surface area contributed by atoms with Crippen LogP contribution in [0.25, 0.3) is 0 Å². The fourth-order valence-electron chi connectivity index (χ4n) is 1.67. The third kappa shape index (κ3) is 1.57. The van der Waals surface area contributed by atoms with Gasteiger partial charge in [-0.15, -0.1) is 0 Å². The van der Waals surface area contributed by atoms with Crippen LogP contribution >= 0.6 is 0 Å². The van der Waals surface area contributed by atoms with Crippen LogP contribution in [0.4, 0.5) is 0 Å². The van der Waals surface area contributed by atoms with Crippen molar-refractivity contribution in [3.63, 3.8) is 0 Å². The van der Waals surface area contributed by atoms with Gasteiger partial charge in [0.1, 0.15) is 0 Å². The summed E-state index contributed by atoms with van der Waals surface area (Å²) in [7, 11) is 2.11. The van der Waals surface area contributed by atoms with Gasteiger partial charge in [0.05, 0.1) is 5.60 Å². The third-order valence-corrected chi connectivity index (χ3v) is 3.10. The molecule has 1 saturated heterocycles. The molecule has 1 atom stereocenters. The fraction of sp³-hybridized carbons (Fsp3) is 1.00. The first-order valence-electron chi connectivity index (χ1n) is 4.26. The van der Waals surface area contributed by atoms with Crippen LogP contribution in [-0.2, 0) is 0 Å². The first-order valence-corrected chi connectivity index (χ1v) is 4.26. The molecule has 2 nitrogen and oxygen atoms in total. The molecular formula is C9H19NO. The molecule has 0 bridgehead atoms. The molecule has 0 aliphatic carbocycles. The molecule has 0 aromatic heterocycles. The Bertz CT molecular complexity index is 152. The van der Waals surface area contributed by atoms with Gasteiger partial charge in [-0.25, -0.2) is 0 Å². The molecule has 1 aliphatic rings. The Morgan fingerprint density at radius 2 is 1.82 bits per heavy atom. The number of likely N-dealkylation sites (tertiary alicyclic amines) is 1. The van der Waals surface area contributed by atoms with E-state index in [0.29, 0.717) is 0 Å². The quantitative estimate of drug-likeness (QED) is 0.569. The van der Waals surface area contributed by atoms with Crippen LogP contribution in [-0.4, -0.2) is 35.7 Å². The van der Waals surface area contributed by atoms with Gasteiger partial charge in [0, 0.05) is 18.5 Å². The van der Waals surface area contributed by atoms with E-state index in [9.17, 15) is 5.11 Å². The van der Waals surface area contributed by atoms with Crippen molar-refractivity contribution in [2.24, 2.45) is 5.41 Å². The summed E-state index contributed by atoms with van der Waals surface area (Å²) in [4.78, 5) is 2.28. The number of hydrogen-bond acceptors (Lipinski definition) is 2. The molecule has 0 radical (unpaired) electrons. The highest BCUT2D eigenvalue weighted by atomic mass is 16.3. The van der Waals surface area contributed by atoms with Crippen molar-refractivity contribution in [1.82, 2.24) is 4.90 Å². The summed E-state index contributed by atoms with van der Waals surface area (Å²) < 4.78 is 0. The highest BCUT2D eigenvalue weighted by Crippen LogP contribution is 2.37. The lowest BCUT2D eigenvalue weighted by atomic mass is 9.71. The van der Waals surface area contributed by atoms with E-state index < -0.39 is 5.60 Å². The molecule has 0 aromatic rings. The van der Waals surface area contributed by atoms with Crippen LogP contribution in [0.1, 0.15) is 27.2 Å². The monoisotopic (exact) mass is 157 g/mol. The zero-order valence-corrected chi connectivity index (χ0v) is 8.02. The van der Waals surface area contributed by atoms with Gasteiger partial charge in [0.15, 0.2) is 0 Å². The van der Waals surface area contributed by atoms with Crippen LogP contribution in [0, 0.1) is 5.41 Å². The van der Waals surface area contributed by atoms with Gasteiger partial charge in [-0.1, -0.05) is 13.8 Å². The van der Waals surface area contributed by atoms with Crippen molar-refractivity contribution in [1.29, 1.82) is 0 Å². The summed E-state index contributed by atoms with van der Waals surface area (Å²) in [6, 6.07) is 0. The van der Waals surface area contributed by atoms with Gasteiger partial charge in [-0.3, -0.25) is 0 Å². The highest BCUT2D eigenvalue weighted by molar-refractivity contribution is 4.95. The van der Waals surface area contributed by atoms with E-state index in [1.807, 2.05) is 6.92 Å². The van der Waals surface area contributed by atoms with Crippen LogP contribution in [0.3, 0.4) is 0 Å². The molecule has 0 aromatic carbocycles. The minimum absolute atomic E-state index is 0.0278. The number of piperidine rings is 1. The minimum Gasteiger partial charge on any atom is -0.390 e. The Morgan fingerprint density at radius 3 is 2.18 bits per heavy atom. The van der Waals surface area contributed by atoms with Gasteiger partial charge in [-0.2, -0.15) is 0 Å². The van der Waals surface area contributed by atoms with Crippen LogP contribution in [0.2, 0.25) is 0 Å². The summed E-state index contributed by atoms with van der Waals surface area (Å²) in [5.74, 6) is 0. The molecule has 0 amide bonds. The fourth-order valence-corrected chi connectivity index (χ4v) is 1.67. The number of rotatable bonds is 0. The number of aliphatic hydroxyl groups is 1. The lowest BCUT2D eigenvalue weighted by Gasteiger charge is -2.47. The zero-order chi connectivity index (χ0) is 8.70. The first kappa shape index (κ1) is 9.01. The predicted molar refractivity (Wildman–Crippen MR) is 46.5 cm³/mol. The first-order chi connectivity index (χ1) is 4.85. The lowest BCUT2D eigenvalue weighted by molar-refractivity contribution is -0.0999. The molecule has 1 heterocycles. The summed E-state index contributed by atoms with van der Waals surface area (Å²) in [6.07, 6.45) is 0.885. The van der Waals surface area contributed by atoms with E-state index in [1.54, 1.807) is 0 Å². The van der Waals surface area contributed by atoms with Crippen molar-refractivity contribution in [3.8, 4) is 0 Å².